The van der Waals surface area contributed by atoms with Crippen LogP contribution < -0.4 is 10.5 Å². The zero-order chi connectivity index (χ0) is 16.0. The molecule has 0 aliphatic heterocycles. The van der Waals surface area contributed by atoms with Gasteiger partial charge in [0.15, 0.2) is 0 Å². The highest BCUT2D eigenvalue weighted by Crippen LogP contribution is 2.34. The number of hydrogen-bond donors (Lipinski definition) is 1. The van der Waals surface area contributed by atoms with Crippen LogP contribution in [0.4, 0.5) is 5.69 Å². The number of ether oxygens (including phenoxy) is 1. The lowest BCUT2D eigenvalue weighted by molar-refractivity contribution is 0.482. The number of nitrogens with two attached hydrogens (primary N) is 1. The van der Waals surface area contributed by atoms with Gasteiger partial charge < -0.3 is 10.5 Å². The van der Waals surface area contributed by atoms with Crippen molar-refractivity contribution in [2.45, 2.75) is 33.1 Å². The largest absolute Gasteiger partial charge is 0.457 e. The summed E-state index contributed by atoms with van der Waals surface area (Å²) in [4.78, 5) is 4.76. The van der Waals surface area contributed by atoms with E-state index in [9.17, 15) is 0 Å². The van der Waals surface area contributed by atoms with Crippen molar-refractivity contribution in [1.29, 1.82) is 0 Å². The number of nitrogens with zero attached hydrogens (tertiary/aromatic N) is 1. The molecule has 1 aliphatic carbocycles. The normalized spacial score (nSPS) is 12.8. The molecule has 2 aromatic carbocycles. The number of halogens is 1. The van der Waals surface area contributed by atoms with Gasteiger partial charge in [0.1, 0.15) is 11.5 Å². The van der Waals surface area contributed by atoms with Crippen LogP contribution in [-0.2, 0) is 12.8 Å². The second-order valence-electron chi connectivity index (χ2n) is 6.41. The highest BCUT2D eigenvalue weighted by molar-refractivity contribution is 5.93. The smallest absolute Gasteiger partial charge is 0.128 e. The van der Waals surface area contributed by atoms with Crippen molar-refractivity contribution in [3.8, 4) is 11.5 Å². The first-order chi connectivity index (χ1) is 11.1. The van der Waals surface area contributed by atoms with Crippen LogP contribution in [0.2, 0.25) is 0 Å². The van der Waals surface area contributed by atoms with E-state index in [-0.39, 0.29) is 12.4 Å². The minimum absolute atomic E-state index is 0. The first kappa shape index (κ1) is 16.6. The highest BCUT2D eigenvalue weighted by atomic mass is 35.5. The van der Waals surface area contributed by atoms with E-state index in [0.717, 1.165) is 53.0 Å². The predicted octanol–water partition coefficient (Wildman–Crippen LogP) is 5.14. The fourth-order valence-electron chi connectivity index (χ4n) is 3.47. The molecule has 0 fully saturated rings. The van der Waals surface area contributed by atoms with Gasteiger partial charge in [-0.15, -0.1) is 12.4 Å². The first-order valence-corrected chi connectivity index (χ1v) is 8.07. The Bertz CT molecular complexity index is 901. The van der Waals surface area contributed by atoms with Crippen molar-refractivity contribution in [1.82, 2.24) is 4.98 Å². The van der Waals surface area contributed by atoms with Gasteiger partial charge in [0.25, 0.3) is 0 Å². The lowest BCUT2D eigenvalue weighted by Gasteiger charge is -2.11. The number of fused-ring (bicyclic) bond motifs is 2. The SMILES string of the molecule is Cc1cc(C)cc(Oc2ccc3nc4c(c(N)c3c2)CCC4)c1.Cl. The summed E-state index contributed by atoms with van der Waals surface area (Å²) in [6.45, 7) is 4.15. The number of aromatic nitrogens is 1. The van der Waals surface area contributed by atoms with Crippen LogP contribution in [0.15, 0.2) is 36.4 Å². The van der Waals surface area contributed by atoms with Gasteiger partial charge >= 0.3 is 0 Å². The summed E-state index contributed by atoms with van der Waals surface area (Å²) < 4.78 is 6.04. The molecule has 0 unspecified atom stereocenters. The molecule has 4 heteroatoms. The number of nitrogen functional groups attached to an aromatic ring is 1. The maximum Gasteiger partial charge on any atom is 0.128 e. The fraction of sp³-hybridized carbons (Fsp3) is 0.250. The average molecular weight is 341 g/mol. The molecule has 3 aromatic rings. The van der Waals surface area contributed by atoms with Gasteiger partial charge in [-0.1, -0.05) is 6.07 Å². The summed E-state index contributed by atoms with van der Waals surface area (Å²) in [7, 11) is 0. The Morgan fingerprint density at radius 1 is 0.958 bits per heavy atom. The molecule has 24 heavy (non-hydrogen) atoms. The van der Waals surface area contributed by atoms with E-state index in [1.807, 2.05) is 30.3 Å². The van der Waals surface area contributed by atoms with E-state index < -0.39 is 0 Å². The molecule has 0 atom stereocenters. The molecule has 0 bridgehead atoms. The van der Waals surface area contributed by atoms with Gasteiger partial charge in [0.05, 0.1) is 5.52 Å². The molecule has 124 valence electrons. The third-order valence-corrected chi connectivity index (χ3v) is 4.46. The van der Waals surface area contributed by atoms with Crippen LogP contribution in [0.25, 0.3) is 10.9 Å². The Hall–Kier alpha value is -2.26. The molecular weight excluding hydrogens is 320 g/mol. The second-order valence-corrected chi connectivity index (χ2v) is 6.41. The van der Waals surface area contributed by atoms with Gasteiger partial charge in [0.2, 0.25) is 0 Å². The number of anilines is 1. The molecular formula is C20H21ClN2O. The monoisotopic (exact) mass is 340 g/mol. The van der Waals surface area contributed by atoms with Gasteiger partial charge in [-0.3, -0.25) is 4.98 Å². The first-order valence-electron chi connectivity index (χ1n) is 8.07. The van der Waals surface area contributed by atoms with E-state index in [1.54, 1.807) is 0 Å². The number of hydrogen-bond acceptors (Lipinski definition) is 3. The Morgan fingerprint density at radius 2 is 1.71 bits per heavy atom. The molecule has 0 saturated carbocycles. The van der Waals surface area contributed by atoms with Gasteiger partial charge in [-0.25, -0.2) is 0 Å². The Kier molecular flexibility index (Phi) is 4.37. The average Bonchev–Trinajstić information content (AvgIpc) is 2.96. The molecule has 1 aromatic heterocycles. The molecule has 2 N–H and O–H groups in total. The standard InChI is InChI=1S/C20H20N2O.ClH/c1-12-8-13(2)10-15(9-12)23-14-6-7-19-17(11-14)20(21)16-4-3-5-18(16)22-19;/h6-11H,3-5H2,1-2H3,(H2,21,22);1H. The highest BCUT2D eigenvalue weighted by Gasteiger charge is 2.18. The Labute approximate surface area is 148 Å². The van der Waals surface area contributed by atoms with Crippen molar-refractivity contribution >= 4 is 29.0 Å². The van der Waals surface area contributed by atoms with Crippen LogP contribution in [-0.4, -0.2) is 4.98 Å². The van der Waals surface area contributed by atoms with Crippen molar-refractivity contribution in [2.75, 3.05) is 5.73 Å². The van der Waals surface area contributed by atoms with Gasteiger partial charge in [0, 0.05) is 16.8 Å². The van der Waals surface area contributed by atoms with E-state index in [2.05, 4.69) is 19.9 Å². The van der Waals surface area contributed by atoms with E-state index >= 15 is 0 Å². The van der Waals surface area contributed by atoms with E-state index in [4.69, 9.17) is 15.5 Å². The van der Waals surface area contributed by atoms with Crippen LogP contribution >= 0.6 is 12.4 Å². The summed E-state index contributed by atoms with van der Waals surface area (Å²) in [5, 5.41) is 0.993. The minimum atomic E-state index is 0. The summed E-state index contributed by atoms with van der Waals surface area (Å²) in [6.07, 6.45) is 3.22. The van der Waals surface area contributed by atoms with Crippen LogP contribution in [0.1, 0.15) is 28.8 Å². The zero-order valence-electron chi connectivity index (χ0n) is 13.9. The topological polar surface area (TPSA) is 48.1 Å². The number of aryl methyl sites for hydroxylation is 3. The second kappa shape index (κ2) is 6.33. The third kappa shape index (κ3) is 2.92. The number of rotatable bonds is 2. The van der Waals surface area contributed by atoms with Crippen LogP contribution in [0.3, 0.4) is 0 Å². The molecule has 1 heterocycles. The van der Waals surface area contributed by atoms with Crippen molar-refractivity contribution in [3.63, 3.8) is 0 Å². The predicted molar refractivity (Wildman–Crippen MR) is 101 cm³/mol. The summed E-state index contributed by atoms with van der Waals surface area (Å²) >= 11 is 0. The van der Waals surface area contributed by atoms with E-state index in [0.29, 0.717) is 0 Å². The van der Waals surface area contributed by atoms with Crippen LogP contribution in [0, 0.1) is 13.8 Å². The molecule has 4 rings (SSSR count). The Balaban J connectivity index is 0.00000169. The van der Waals surface area contributed by atoms with Crippen molar-refractivity contribution < 1.29 is 4.74 Å². The molecule has 1 aliphatic rings. The molecule has 0 radical (unpaired) electrons. The molecule has 3 nitrogen and oxygen atoms in total. The molecule has 0 amide bonds. The third-order valence-electron chi connectivity index (χ3n) is 4.46. The maximum atomic E-state index is 6.39. The summed E-state index contributed by atoms with van der Waals surface area (Å²) in [5.41, 5.74) is 13.0. The maximum absolute atomic E-state index is 6.39. The lowest BCUT2D eigenvalue weighted by atomic mass is 10.1. The quantitative estimate of drug-likeness (QED) is 0.703. The molecule has 0 spiro atoms. The number of benzene rings is 2. The van der Waals surface area contributed by atoms with Crippen molar-refractivity contribution in [2.24, 2.45) is 0 Å². The van der Waals surface area contributed by atoms with Crippen LogP contribution in [0.5, 0.6) is 11.5 Å². The van der Waals surface area contributed by atoms with Gasteiger partial charge in [-0.2, -0.15) is 0 Å². The van der Waals surface area contributed by atoms with Gasteiger partial charge in [-0.05, 0) is 80.1 Å². The number of pyridine rings is 1. The summed E-state index contributed by atoms with van der Waals surface area (Å²) in [5.74, 6) is 1.66. The lowest BCUT2D eigenvalue weighted by Crippen LogP contribution is -1.98. The summed E-state index contributed by atoms with van der Waals surface area (Å²) in [6, 6.07) is 12.2. The minimum Gasteiger partial charge on any atom is -0.457 e. The Morgan fingerprint density at radius 3 is 2.46 bits per heavy atom. The van der Waals surface area contributed by atoms with E-state index in [1.165, 1.54) is 16.7 Å². The molecule has 0 saturated heterocycles. The zero-order valence-corrected chi connectivity index (χ0v) is 14.7. The fourth-order valence-corrected chi connectivity index (χ4v) is 3.47. The van der Waals surface area contributed by atoms with Crippen molar-refractivity contribution in [3.05, 3.63) is 58.8 Å².